The van der Waals surface area contributed by atoms with Crippen LogP contribution < -0.4 is 27.1 Å². The van der Waals surface area contributed by atoms with Crippen LogP contribution in [0, 0.1) is 5.82 Å². The highest BCUT2D eigenvalue weighted by Crippen LogP contribution is 2.23. The lowest BCUT2D eigenvalue weighted by molar-refractivity contribution is 0.626. The van der Waals surface area contributed by atoms with Gasteiger partial charge < -0.3 is 10.6 Å². The standard InChI is InChI=1S/C18H13FN4O3/c19-10-3-1-2-9(6-10)8-20-14-15(17(25)16(14)24)21-11-4-5-13-12(7-11)18(26)23-22-13/h1-7,20-21H,8H2,(H2,22,23,26). The monoisotopic (exact) mass is 352 g/mol. The van der Waals surface area contributed by atoms with Gasteiger partial charge in [0.15, 0.2) is 0 Å². The number of benzene rings is 2. The largest absolute Gasteiger partial charge is 0.376 e. The van der Waals surface area contributed by atoms with Crippen LogP contribution >= 0.6 is 0 Å². The Morgan fingerprint density at radius 3 is 2.54 bits per heavy atom. The molecule has 1 heterocycles. The minimum Gasteiger partial charge on any atom is -0.376 e. The molecule has 4 N–H and O–H groups in total. The summed E-state index contributed by atoms with van der Waals surface area (Å²) in [7, 11) is 0. The summed E-state index contributed by atoms with van der Waals surface area (Å²) in [4.78, 5) is 35.4. The molecule has 0 bridgehead atoms. The molecule has 0 saturated carbocycles. The topological polar surface area (TPSA) is 107 Å². The van der Waals surface area contributed by atoms with Crippen LogP contribution in [-0.4, -0.2) is 10.2 Å². The van der Waals surface area contributed by atoms with Crippen LogP contribution in [0.3, 0.4) is 0 Å². The molecular formula is C18H13FN4O3. The van der Waals surface area contributed by atoms with E-state index in [9.17, 15) is 18.8 Å². The van der Waals surface area contributed by atoms with Crippen molar-refractivity contribution >= 4 is 28.0 Å². The zero-order chi connectivity index (χ0) is 18.3. The Bertz CT molecular complexity index is 1250. The molecule has 0 saturated heterocycles. The number of aromatic amines is 2. The first-order valence-electron chi connectivity index (χ1n) is 7.82. The van der Waals surface area contributed by atoms with E-state index in [1.807, 2.05) is 0 Å². The maximum absolute atomic E-state index is 13.2. The van der Waals surface area contributed by atoms with Crippen molar-refractivity contribution in [3.8, 4) is 0 Å². The Morgan fingerprint density at radius 1 is 0.923 bits per heavy atom. The van der Waals surface area contributed by atoms with E-state index < -0.39 is 10.9 Å². The van der Waals surface area contributed by atoms with Gasteiger partial charge in [-0.25, -0.2) is 4.39 Å². The Kier molecular flexibility index (Phi) is 3.65. The summed E-state index contributed by atoms with van der Waals surface area (Å²) in [5.41, 5.74) is 0.486. The number of halogens is 1. The van der Waals surface area contributed by atoms with Crippen LogP contribution in [0.1, 0.15) is 5.56 Å². The predicted molar refractivity (Wildman–Crippen MR) is 97.3 cm³/mol. The smallest absolute Gasteiger partial charge is 0.271 e. The van der Waals surface area contributed by atoms with Gasteiger partial charge in [0.2, 0.25) is 0 Å². The molecule has 26 heavy (non-hydrogen) atoms. The van der Waals surface area contributed by atoms with E-state index in [4.69, 9.17) is 0 Å². The molecule has 0 spiro atoms. The van der Waals surface area contributed by atoms with Crippen molar-refractivity contribution in [1.29, 1.82) is 0 Å². The third kappa shape index (κ3) is 2.67. The summed E-state index contributed by atoms with van der Waals surface area (Å²) in [5.74, 6) is -0.377. The van der Waals surface area contributed by atoms with Crippen LogP contribution in [-0.2, 0) is 6.54 Å². The number of H-pyrrole nitrogens is 2. The van der Waals surface area contributed by atoms with E-state index in [1.165, 1.54) is 12.1 Å². The van der Waals surface area contributed by atoms with Gasteiger partial charge in [0.05, 0.1) is 10.9 Å². The minimum atomic E-state index is -0.644. The lowest BCUT2D eigenvalue weighted by Crippen LogP contribution is -2.36. The average Bonchev–Trinajstić information content (AvgIpc) is 3.01. The molecule has 4 rings (SSSR count). The molecule has 4 aromatic rings. The van der Waals surface area contributed by atoms with Crippen LogP contribution in [0.2, 0.25) is 0 Å². The Labute approximate surface area is 145 Å². The molecule has 0 aliphatic rings. The Balaban J connectivity index is 1.58. The third-order valence-corrected chi connectivity index (χ3v) is 4.11. The quantitative estimate of drug-likeness (QED) is 0.411. The Morgan fingerprint density at radius 2 is 1.73 bits per heavy atom. The van der Waals surface area contributed by atoms with Gasteiger partial charge >= 0.3 is 0 Å². The highest BCUT2D eigenvalue weighted by molar-refractivity contribution is 5.85. The third-order valence-electron chi connectivity index (χ3n) is 4.11. The molecule has 3 aromatic carbocycles. The number of rotatable bonds is 5. The van der Waals surface area contributed by atoms with E-state index in [1.54, 1.807) is 30.3 Å². The molecule has 0 radical (unpaired) electrons. The maximum atomic E-state index is 13.2. The van der Waals surface area contributed by atoms with E-state index in [0.29, 0.717) is 22.2 Å². The first kappa shape index (κ1) is 15.8. The summed E-state index contributed by atoms with van der Waals surface area (Å²) in [6.45, 7) is 0.202. The number of fused-ring (bicyclic) bond motifs is 1. The zero-order valence-corrected chi connectivity index (χ0v) is 13.4. The number of anilines is 3. The van der Waals surface area contributed by atoms with Crippen LogP contribution in [0.25, 0.3) is 10.9 Å². The number of aromatic nitrogens is 2. The molecule has 0 aliphatic carbocycles. The van der Waals surface area contributed by atoms with Gasteiger partial charge in [-0.3, -0.25) is 24.6 Å². The van der Waals surface area contributed by atoms with Crippen molar-refractivity contribution in [2.24, 2.45) is 0 Å². The van der Waals surface area contributed by atoms with Gasteiger partial charge in [-0.1, -0.05) is 12.1 Å². The highest BCUT2D eigenvalue weighted by atomic mass is 19.1. The molecule has 8 heteroatoms. The second kappa shape index (κ2) is 5.99. The first-order valence-corrected chi connectivity index (χ1v) is 7.82. The average molecular weight is 352 g/mol. The van der Waals surface area contributed by atoms with E-state index in [0.717, 1.165) is 0 Å². The Hall–Kier alpha value is -3.68. The van der Waals surface area contributed by atoms with Crippen molar-refractivity contribution in [1.82, 2.24) is 10.2 Å². The molecule has 0 unspecified atom stereocenters. The highest BCUT2D eigenvalue weighted by Gasteiger charge is 2.21. The molecule has 0 amide bonds. The minimum absolute atomic E-state index is 0.123. The molecule has 130 valence electrons. The van der Waals surface area contributed by atoms with Crippen molar-refractivity contribution in [2.75, 3.05) is 10.6 Å². The number of hydrogen-bond donors (Lipinski definition) is 4. The van der Waals surface area contributed by atoms with Gasteiger partial charge in [-0.2, -0.15) is 0 Å². The fourth-order valence-corrected chi connectivity index (χ4v) is 2.77. The van der Waals surface area contributed by atoms with Gasteiger partial charge in [-0.15, -0.1) is 0 Å². The predicted octanol–water partition coefficient (Wildman–Crippen LogP) is 1.95. The maximum Gasteiger partial charge on any atom is 0.271 e. The van der Waals surface area contributed by atoms with E-state index in [-0.39, 0.29) is 29.3 Å². The van der Waals surface area contributed by atoms with Crippen LogP contribution in [0.15, 0.2) is 56.8 Å². The summed E-state index contributed by atoms with van der Waals surface area (Å²) in [6.07, 6.45) is 0. The molecular weight excluding hydrogens is 339 g/mol. The lowest BCUT2D eigenvalue weighted by Gasteiger charge is -2.15. The van der Waals surface area contributed by atoms with Crippen LogP contribution in [0.4, 0.5) is 21.5 Å². The number of hydrogen-bond acceptors (Lipinski definition) is 5. The summed E-state index contributed by atoms with van der Waals surface area (Å²) >= 11 is 0. The zero-order valence-electron chi connectivity index (χ0n) is 13.4. The van der Waals surface area contributed by atoms with Crippen LogP contribution in [0.5, 0.6) is 0 Å². The SMILES string of the molecule is O=c1c(NCc2cccc(F)c2)c(Nc2ccc3[nH][nH]c(=O)c3c2)c1=O. The molecule has 1 aromatic heterocycles. The van der Waals surface area contributed by atoms with E-state index in [2.05, 4.69) is 20.8 Å². The normalized spacial score (nSPS) is 11.1. The van der Waals surface area contributed by atoms with E-state index >= 15 is 0 Å². The van der Waals surface area contributed by atoms with Crippen molar-refractivity contribution in [3.63, 3.8) is 0 Å². The summed E-state index contributed by atoms with van der Waals surface area (Å²) < 4.78 is 13.2. The van der Waals surface area contributed by atoms with Crippen molar-refractivity contribution in [2.45, 2.75) is 6.54 Å². The summed E-state index contributed by atoms with van der Waals surface area (Å²) in [6, 6.07) is 10.9. The fraction of sp³-hybridized carbons (Fsp3) is 0.0556. The summed E-state index contributed by atoms with van der Waals surface area (Å²) in [5, 5.41) is 11.4. The van der Waals surface area contributed by atoms with Gasteiger partial charge in [0.1, 0.15) is 17.2 Å². The molecule has 0 aliphatic heterocycles. The first-order chi connectivity index (χ1) is 12.5. The fourth-order valence-electron chi connectivity index (χ4n) is 2.77. The lowest BCUT2D eigenvalue weighted by atomic mass is 10.1. The number of nitrogens with one attached hydrogen (secondary N) is 4. The molecule has 7 nitrogen and oxygen atoms in total. The van der Waals surface area contributed by atoms with Crippen molar-refractivity contribution in [3.05, 3.63) is 84.6 Å². The van der Waals surface area contributed by atoms with Gasteiger partial charge in [0, 0.05) is 12.2 Å². The second-order valence-corrected chi connectivity index (χ2v) is 5.86. The van der Waals surface area contributed by atoms with Crippen molar-refractivity contribution < 1.29 is 4.39 Å². The molecule has 0 atom stereocenters. The van der Waals surface area contributed by atoms with Gasteiger partial charge in [-0.05, 0) is 35.9 Å². The second-order valence-electron chi connectivity index (χ2n) is 5.86. The molecule has 0 fully saturated rings. The van der Waals surface area contributed by atoms with Gasteiger partial charge in [0.25, 0.3) is 16.4 Å².